The van der Waals surface area contributed by atoms with Crippen molar-refractivity contribution in [3.05, 3.63) is 71.3 Å². The molecule has 0 aromatic heterocycles. The Labute approximate surface area is 139 Å². The van der Waals surface area contributed by atoms with Crippen LogP contribution >= 0.6 is 0 Å². The van der Waals surface area contributed by atoms with Crippen molar-refractivity contribution >= 4 is 5.91 Å². The van der Waals surface area contributed by atoms with Crippen LogP contribution in [0.2, 0.25) is 0 Å². The Morgan fingerprint density at radius 3 is 2.35 bits per heavy atom. The summed E-state index contributed by atoms with van der Waals surface area (Å²) in [6, 6.07) is 18.7. The van der Waals surface area contributed by atoms with E-state index in [1.165, 1.54) is 17.5 Å². The van der Waals surface area contributed by atoms with Crippen molar-refractivity contribution in [2.75, 3.05) is 6.54 Å². The van der Waals surface area contributed by atoms with Crippen LogP contribution in [0.3, 0.4) is 0 Å². The maximum absolute atomic E-state index is 12.9. The highest BCUT2D eigenvalue weighted by molar-refractivity contribution is 5.94. The van der Waals surface area contributed by atoms with E-state index < -0.39 is 0 Å². The van der Waals surface area contributed by atoms with Crippen LogP contribution in [0.15, 0.2) is 54.6 Å². The lowest BCUT2D eigenvalue weighted by Gasteiger charge is -2.36. The normalized spacial score (nSPS) is 18.2. The number of nitrogens with zero attached hydrogens (tertiary/aromatic N) is 1. The van der Waals surface area contributed by atoms with Gasteiger partial charge in [-0.25, -0.2) is 0 Å². The van der Waals surface area contributed by atoms with E-state index in [9.17, 15) is 4.79 Å². The van der Waals surface area contributed by atoms with Gasteiger partial charge in [0.25, 0.3) is 5.91 Å². The molecule has 0 N–H and O–H groups in total. The summed E-state index contributed by atoms with van der Waals surface area (Å²) in [5.74, 6) is 0.695. The van der Waals surface area contributed by atoms with Gasteiger partial charge in [-0.05, 0) is 48.4 Å². The maximum Gasteiger partial charge on any atom is 0.254 e. The summed E-state index contributed by atoms with van der Waals surface area (Å²) in [6.45, 7) is 5.27. The van der Waals surface area contributed by atoms with E-state index >= 15 is 0 Å². The van der Waals surface area contributed by atoms with Gasteiger partial charge in [-0.15, -0.1) is 0 Å². The first-order valence-electron chi connectivity index (χ1n) is 8.62. The van der Waals surface area contributed by atoms with Gasteiger partial charge in [0.1, 0.15) is 0 Å². The molecular weight excluding hydrogens is 282 g/mol. The van der Waals surface area contributed by atoms with Crippen LogP contribution < -0.4 is 0 Å². The Bertz CT molecular complexity index is 645. The van der Waals surface area contributed by atoms with E-state index in [2.05, 4.69) is 43.0 Å². The summed E-state index contributed by atoms with van der Waals surface area (Å²) in [7, 11) is 0. The van der Waals surface area contributed by atoms with Crippen LogP contribution in [0.25, 0.3) is 0 Å². The first-order chi connectivity index (χ1) is 11.2. The van der Waals surface area contributed by atoms with Gasteiger partial charge in [-0.1, -0.05) is 56.3 Å². The zero-order valence-corrected chi connectivity index (χ0v) is 14.0. The quantitative estimate of drug-likeness (QED) is 0.765. The van der Waals surface area contributed by atoms with E-state index in [1.807, 2.05) is 30.3 Å². The Kier molecular flexibility index (Phi) is 4.80. The molecule has 0 bridgehead atoms. The van der Waals surface area contributed by atoms with Crippen LogP contribution in [0.5, 0.6) is 0 Å². The molecule has 0 aliphatic carbocycles. The number of piperidine rings is 1. The standard InChI is InChI=1S/C21H25NO/c1-16(2)17-11-13-18(14-12-17)20-10-6-7-15-22(20)21(23)19-8-4-3-5-9-19/h3-5,8-9,11-14,16,20H,6-7,10,15H2,1-2H3. The summed E-state index contributed by atoms with van der Waals surface area (Å²) in [5, 5.41) is 0. The molecule has 1 aliphatic heterocycles. The number of rotatable bonds is 3. The van der Waals surface area contributed by atoms with Crippen LogP contribution in [0.4, 0.5) is 0 Å². The van der Waals surface area contributed by atoms with E-state index in [0.717, 1.165) is 24.9 Å². The molecule has 3 rings (SSSR count). The number of hydrogen-bond acceptors (Lipinski definition) is 1. The maximum atomic E-state index is 12.9. The molecule has 1 atom stereocenters. The molecule has 1 fully saturated rings. The average Bonchev–Trinajstić information content (AvgIpc) is 2.62. The highest BCUT2D eigenvalue weighted by atomic mass is 16.2. The van der Waals surface area contributed by atoms with Crippen molar-refractivity contribution < 1.29 is 4.79 Å². The first kappa shape index (κ1) is 15.8. The summed E-state index contributed by atoms with van der Waals surface area (Å²) in [6.07, 6.45) is 3.34. The summed E-state index contributed by atoms with van der Waals surface area (Å²) in [4.78, 5) is 14.9. The minimum atomic E-state index is 0.156. The lowest BCUT2D eigenvalue weighted by atomic mass is 9.92. The molecule has 1 unspecified atom stereocenters. The third-order valence-electron chi connectivity index (χ3n) is 4.77. The van der Waals surface area contributed by atoms with Gasteiger partial charge in [0.15, 0.2) is 0 Å². The monoisotopic (exact) mass is 307 g/mol. The highest BCUT2D eigenvalue weighted by Crippen LogP contribution is 2.32. The molecule has 2 aromatic rings. The van der Waals surface area contributed by atoms with Crippen LogP contribution in [-0.2, 0) is 0 Å². The molecule has 23 heavy (non-hydrogen) atoms. The molecule has 2 aromatic carbocycles. The van der Waals surface area contributed by atoms with Gasteiger partial charge in [-0.3, -0.25) is 4.79 Å². The predicted molar refractivity (Wildman–Crippen MR) is 94.6 cm³/mol. The molecule has 1 aliphatic rings. The molecular formula is C21H25NO. The van der Waals surface area contributed by atoms with Gasteiger partial charge in [0.2, 0.25) is 0 Å². The fourth-order valence-corrected chi connectivity index (χ4v) is 3.37. The largest absolute Gasteiger partial charge is 0.332 e. The van der Waals surface area contributed by atoms with Crippen molar-refractivity contribution in [1.29, 1.82) is 0 Å². The van der Waals surface area contributed by atoms with Crippen molar-refractivity contribution in [3.8, 4) is 0 Å². The van der Waals surface area contributed by atoms with Crippen molar-refractivity contribution in [2.45, 2.75) is 45.1 Å². The van der Waals surface area contributed by atoms with Crippen molar-refractivity contribution in [1.82, 2.24) is 4.90 Å². The number of amides is 1. The van der Waals surface area contributed by atoms with Crippen LogP contribution in [0, 0.1) is 0 Å². The lowest BCUT2D eigenvalue weighted by Crippen LogP contribution is -2.38. The second-order valence-electron chi connectivity index (χ2n) is 6.70. The summed E-state index contributed by atoms with van der Waals surface area (Å²) >= 11 is 0. The second kappa shape index (κ2) is 6.99. The first-order valence-corrected chi connectivity index (χ1v) is 8.62. The Hall–Kier alpha value is -2.09. The zero-order valence-electron chi connectivity index (χ0n) is 14.0. The fraction of sp³-hybridized carbons (Fsp3) is 0.381. The third kappa shape index (κ3) is 3.47. The van der Waals surface area contributed by atoms with E-state index in [0.29, 0.717) is 5.92 Å². The van der Waals surface area contributed by atoms with Crippen molar-refractivity contribution in [2.24, 2.45) is 0 Å². The number of carbonyl (C=O) groups excluding carboxylic acids is 1. The van der Waals surface area contributed by atoms with E-state index in [4.69, 9.17) is 0 Å². The van der Waals surface area contributed by atoms with Crippen LogP contribution in [-0.4, -0.2) is 17.4 Å². The van der Waals surface area contributed by atoms with Gasteiger partial charge in [-0.2, -0.15) is 0 Å². The minimum absolute atomic E-state index is 0.156. The molecule has 2 heteroatoms. The van der Waals surface area contributed by atoms with E-state index in [1.54, 1.807) is 0 Å². The molecule has 0 saturated carbocycles. The summed E-state index contributed by atoms with van der Waals surface area (Å²) < 4.78 is 0. The fourth-order valence-electron chi connectivity index (χ4n) is 3.37. The highest BCUT2D eigenvalue weighted by Gasteiger charge is 2.28. The SMILES string of the molecule is CC(C)c1ccc(C2CCCCN2C(=O)c2ccccc2)cc1. The van der Waals surface area contributed by atoms with Crippen LogP contribution in [0.1, 0.15) is 66.6 Å². The molecule has 1 heterocycles. The molecule has 0 spiro atoms. The average molecular weight is 307 g/mol. The number of carbonyl (C=O) groups is 1. The molecule has 2 nitrogen and oxygen atoms in total. The predicted octanol–water partition coefficient (Wildman–Crippen LogP) is 5.18. The smallest absolute Gasteiger partial charge is 0.254 e. The third-order valence-corrected chi connectivity index (χ3v) is 4.77. The lowest BCUT2D eigenvalue weighted by molar-refractivity contribution is 0.0611. The second-order valence-corrected chi connectivity index (χ2v) is 6.70. The van der Waals surface area contributed by atoms with Gasteiger partial charge < -0.3 is 4.90 Å². The zero-order chi connectivity index (χ0) is 16.2. The van der Waals surface area contributed by atoms with Crippen molar-refractivity contribution in [3.63, 3.8) is 0 Å². The van der Waals surface area contributed by atoms with Gasteiger partial charge >= 0.3 is 0 Å². The Balaban J connectivity index is 1.85. The molecule has 120 valence electrons. The number of benzene rings is 2. The van der Waals surface area contributed by atoms with Gasteiger partial charge in [0.05, 0.1) is 6.04 Å². The Morgan fingerprint density at radius 1 is 1.00 bits per heavy atom. The topological polar surface area (TPSA) is 20.3 Å². The molecule has 0 radical (unpaired) electrons. The van der Waals surface area contributed by atoms with Gasteiger partial charge in [0, 0.05) is 12.1 Å². The summed E-state index contributed by atoms with van der Waals surface area (Å²) in [5.41, 5.74) is 3.40. The number of hydrogen-bond donors (Lipinski definition) is 0. The molecule has 1 amide bonds. The van der Waals surface area contributed by atoms with E-state index in [-0.39, 0.29) is 11.9 Å². The Morgan fingerprint density at radius 2 is 1.70 bits per heavy atom. The minimum Gasteiger partial charge on any atom is -0.332 e. The number of likely N-dealkylation sites (tertiary alicyclic amines) is 1. The molecule has 1 saturated heterocycles.